The second-order valence-corrected chi connectivity index (χ2v) is 6.19. The molecule has 0 atom stereocenters. The number of benzene rings is 2. The molecule has 0 fully saturated rings. The zero-order chi connectivity index (χ0) is 19.1. The topological polar surface area (TPSA) is 58.6 Å². The molecule has 0 radical (unpaired) electrons. The number of hydrogen-bond donors (Lipinski definition) is 1. The van der Waals surface area contributed by atoms with Crippen LogP contribution in [0.4, 0.5) is 11.4 Å². The number of anilines is 2. The minimum Gasteiger partial charge on any atom is -0.483 e. The molecular weight excluding hydrogens is 352 g/mol. The van der Waals surface area contributed by atoms with E-state index in [4.69, 9.17) is 16.3 Å². The van der Waals surface area contributed by atoms with Crippen LogP contribution in [0.5, 0.6) is 5.75 Å². The first-order valence-corrected chi connectivity index (χ1v) is 8.90. The highest BCUT2D eigenvalue weighted by Crippen LogP contribution is 2.23. The Bertz CT molecular complexity index is 771. The number of rotatable bonds is 8. The number of halogens is 1. The first-order chi connectivity index (χ1) is 12.4. The van der Waals surface area contributed by atoms with Gasteiger partial charge in [0.05, 0.1) is 5.56 Å². The molecule has 0 bridgehead atoms. The zero-order valence-electron chi connectivity index (χ0n) is 15.2. The van der Waals surface area contributed by atoms with Crippen molar-refractivity contribution in [1.29, 1.82) is 0 Å². The van der Waals surface area contributed by atoms with E-state index in [0.29, 0.717) is 22.0 Å². The van der Waals surface area contributed by atoms with E-state index in [0.717, 1.165) is 18.8 Å². The summed E-state index contributed by atoms with van der Waals surface area (Å²) in [7, 11) is 0. The van der Waals surface area contributed by atoms with Gasteiger partial charge in [0.2, 0.25) is 0 Å². The maximum atomic E-state index is 12.1. The van der Waals surface area contributed by atoms with Gasteiger partial charge in [-0.3, -0.25) is 9.59 Å². The lowest BCUT2D eigenvalue weighted by atomic mass is 10.1. The van der Waals surface area contributed by atoms with Crippen molar-refractivity contribution in [3.8, 4) is 5.75 Å². The Hall–Kier alpha value is -2.53. The minimum atomic E-state index is -0.301. The third kappa shape index (κ3) is 5.23. The van der Waals surface area contributed by atoms with Gasteiger partial charge in [-0.25, -0.2) is 0 Å². The molecule has 2 aromatic rings. The van der Waals surface area contributed by atoms with Gasteiger partial charge in [-0.1, -0.05) is 11.6 Å². The Morgan fingerprint density at radius 3 is 2.31 bits per heavy atom. The quantitative estimate of drug-likeness (QED) is 0.695. The maximum absolute atomic E-state index is 12.1. The van der Waals surface area contributed by atoms with E-state index in [1.165, 1.54) is 13.0 Å². The van der Waals surface area contributed by atoms with Gasteiger partial charge in [0.1, 0.15) is 5.75 Å². The lowest BCUT2D eigenvalue weighted by Gasteiger charge is -2.21. The lowest BCUT2D eigenvalue weighted by molar-refractivity contribution is -0.118. The number of carbonyl (C=O) groups excluding carboxylic acids is 2. The summed E-state index contributed by atoms with van der Waals surface area (Å²) in [6.07, 6.45) is 0. The molecule has 0 aliphatic heterocycles. The predicted octanol–water partition coefficient (Wildman–Crippen LogP) is 4.41. The van der Waals surface area contributed by atoms with Crippen LogP contribution in [-0.2, 0) is 4.79 Å². The molecule has 0 heterocycles. The number of Topliss-reactive ketones (excluding diaryl/α,β-unsaturated/α-hetero) is 1. The summed E-state index contributed by atoms with van der Waals surface area (Å²) in [5.41, 5.74) is 2.16. The second kappa shape index (κ2) is 9.25. The molecule has 2 aromatic carbocycles. The van der Waals surface area contributed by atoms with Gasteiger partial charge in [0.15, 0.2) is 12.4 Å². The fourth-order valence-corrected chi connectivity index (χ4v) is 2.76. The summed E-state index contributed by atoms with van der Waals surface area (Å²) < 4.78 is 5.48. The fraction of sp³-hybridized carbons (Fsp3) is 0.300. The highest BCUT2D eigenvalue weighted by atomic mass is 35.5. The second-order valence-electron chi connectivity index (χ2n) is 5.75. The van der Waals surface area contributed by atoms with E-state index < -0.39 is 0 Å². The maximum Gasteiger partial charge on any atom is 0.262 e. The third-order valence-electron chi connectivity index (χ3n) is 3.96. The number of amides is 1. The molecule has 0 spiro atoms. The Labute approximate surface area is 158 Å². The van der Waals surface area contributed by atoms with Gasteiger partial charge in [-0.05, 0) is 63.2 Å². The first-order valence-electron chi connectivity index (χ1n) is 8.52. The Kier molecular flexibility index (Phi) is 7.04. The SMILES string of the molecule is CCN(CC)c1ccc(NC(=O)COc2ccc(Cl)cc2C(C)=O)cc1. The van der Waals surface area contributed by atoms with E-state index in [2.05, 4.69) is 24.1 Å². The molecule has 138 valence electrons. The highest BCUT2D eigenvalue weighted by molar-refractivity contribution is 6.31. The van der Waals surface area contributed by atoms with Crippen molar-refractivity contribution in [2.45, 2.75) is 20.8 Å². The van der Waals surface area contributed by atoms with Crippen LogP contribution in [0.2, 0.25) is 5.02 Å². The average molecular weight is 375 g/mol. The van der Waals surface area contributed by atoms with Crippen molar-refractivity contribution in [2.75, 3.05) is 29.9 Å². The van der Waals surface area contributed by atoms with Gasteiger partial charge in [0.25, 0.3) is 5.91 Å². The molecule has 0 aliphatic carbocycles. The summed E-state index contributed by atoms with van der Waals surface area (Å²) in [6, 6.07) is 12.4. The Balaban J connectivity index is 1.96. The lowest BCUT2D eigenvalue weighted by Crippen LogP contribution is -2.22. The monoisotopic (exact) mass is 374 g/mol. The summed E-state index contributed by atoms with van der Waals surface area (Å²) in [5.74, 6) is -0.131. The molecule has 0 aliphatic rings. The van der Waals surface area contributed by atoms with Crippen molar-refractivity contribution >= 4 is 34.7 Å². The molecule has 6 heteroatoms. The van der Waals surface area contributed by atoms with Gasteiger partial charge >= 0.3 is 0 Å². The molecule has 1 N–H and O–H groups in total. The smallest absolute Gasteiger partial charge is 0.262 e. The molecule has 0 unspecified atom stereocenters. The van der Waals surface area contributed by atoms with E-state index in [9.17, 15) is 9.59 Å². The van der Waals surface area contributed by atoms with Crippen LogP contribution < -0.4 is 15.0 Å². The molecule has 0 saturated heterocycles. The van der Waals surface area contributed by atoms with Gasteiger partial charge in [-0.2, -0.15) is 0 Å². The number of hydrogen-bond acceptors (Lipinski definition) is 4. The van der Waals surface area contributed by atoms with Gasteiger partial charge < -0.3 is 15.0 Å². The Morgan fingerprint density at radius 2 is 1.73 bits per heavy atom. The van der Waals surface area contributed by atoms with Gasteiger partial charge in [-0.15, -0.1) is 0 Å². The van der Waals surface area contributed by atoms with E-state index >= 15 is 0 Å². The number of ether oxygens (including phenoxy) is 1. The van der Waals surface area contributed by atoms with Crippen LogP contribution in [0, 0.1) is 0 Å². The molecule has 2 rings (SSSR count). The van der Waals surface area contributed by atoms with Crippen molar-refractivity contribution in [2.24, 2.45) is 0 Å². The normalized spacial score (nSPS) is 10.3. The van der Waals surface area contributed by atoms with E-state index in [-0.39, 0.29) is 18.3 Å². The van der Waals surface area contributed by atoms with Crippen LogP contribution >= 0.6 is 11.6 Å². The van der Waals surface area contributed by atoms with Crippen LogP contribution in [0.1, 0.15) is 31.1 Å². The fourth-order valence-electron chi connectivity index (χ4n) is 2.59. The predicted molar refractivity (Wildman–Crippen MR) is 106 cm³/mol. The van der Waals surface area contributed by atoms with E-state index in [1.807, 2.05) is 24.3 Å². The van der Waals surface area contributed by atoms with Gasteiger partial charge in [0, 0.05) is 29.5 Å². The Morgan fingerprint density at radius 1 is 1.08 bits per heavy atom. The average Bonchev–Trinajstić information content (AvgIpc) is 2.63. The highest BCUT2D eigenvalue weighted by Gasteiger charge is 2.11. The summed E-state index contributed by atoms with van der Waals surface area (Å²) in [6.45, 7) is 7.28. The van der Waals surface area contributed by atoms with Crippen LogP contribution in [0.25, 0.3) is 0 Å². The molecule has 1 amide bonds. The molecular formula is C20H23ClN2O3. The first kappa shape index (κ1) is 19.8. The largest absolute Gasteiger partial charge is 0.483 e. The number of nitrogens with one attached hydrogen (secondary N) is 1. The summed E-state index contributed by atoms with van der Waals surface area (Å²) in [5, 5.41) is 3.23. The van der Waals surface area contributed by atoms with Crippen molar-refractivity contribution in [1.82, 2.24) is 0 Å². The molecule has 26 heavy (non-hydrogen) atoms. The van der Waals surface area contributed by atoms with E-state index in [1.54, 1.807) is 12.1 Å². The molecule has 5 nitrogen and oxygen atoms in total. The van der Waals surface area contributed by atoms with Crippen molar-refractivity contribution in [3.63, 3.8) is 0 Å². The number of ketones is 1. The standard InChI is InChI=1S/C20H23ClN2O3/c1-4-23(5-2)17-9-7-16(8-10-17)22-20(25)13-26-19-11-6-15(21)12-18(19)14(3)24/h6-12H,4-5,13H2,1-3H3,(H,22,25). The minimum absolute atomic E-state index is 0.171. The van der Waals surface area contributed by atoms with Crippen LogP contribution in [0.3, 0.4) is 0 Å². The molecule has 0 aromatic heterocycles. The third-order valence-corrected chi connectivity index (χ3v) is 4.19. The van der Waals surface area contributed by atoms with Crippen molar-refractivity contribution < 1.29 is 14.3 Å². The van der Waals surface area contributed by atoms with Crippen molar-refractivity contribution in [3.05, 3.63) is 53.1 Å². The summed E-state index contributed by atoms with van der Waals surface area (Å²) >= 11 is 5.90. The summed E-state index contributed by atoms with van der Waals surface area (Å²) in [4.78, 5) is 26.0. The van der Waals surface area contributed by atoms with Crippen LogP contribution in [-0.4, -0.2) is 31.4 Å². The zero-order valence-corrected chi connectivity index (χ0v) is 16.0. The number of carbonyl (C=O) groups is 2. The molecule has 0 saturated carbocycles. The van der Waals surface area contributed by atoms with Crippen LogP contribution in [0.15, 0.2) is 42.5 Å². The number of nitrogens with zero attached hydrogens (tertiary/aromatic N) is 1.